The van der Waals surface area contributed by atoms with Crippen molar-refractivity contribution >= 4 is 36.2 Å². The van der Waals surface area contributed by atoms with Crippen LogP contribution in [0, 0.1) is 0 Å². The lowest BCUT2D eigenvalue weighted by molar-refractivity contribution is -0.141. The van der Waals surface area contributed by atoms with Gasteiger partial charge in [-0.05, 0) is 34.1 Å². The number of rotatable bonds is 14. The monoisotopic (exact) mass is 483 g/mol. The second kappa shape index (κ2) is 12.1. The number of carboxylic acid groups (broad SMARTS) is 1. The highest BCUT2D eigenvalue weighted by Gasteiger charge is 2.40. The van der Waals surface area contributed by atoms with E-state index in [9.17, 15) is 14.5 Å². The fraction of sp³-hybridized carbons (Fsp3) is 0.650. The Morgan fingerprint density at radius 2 is 2.03 bits per heavy atom. The third kappa shape index (κ3) is 7.21. The molecule has 184 valence electrons. The minimum Gasteiger partial charge on any atom is -0.480 e. The molecule has 1 unspecified atom stereocenters. The van der Waals surface area contributed by atoms with Crippen LogP contribution in [0.2, 0.25) is 0 Å². The van der Waals surface area contributed by atoms with Crippen molar-refractivity contribution in [1.82, 2.24) is 24.2 Å². The average Bonchev–Trinajstić information content (AvgIpc) is 3.17. The third-order valence-corrected chi connectivity index (χ3v) is 7.08. The van der Waals surface area contributed by atoms with E-state index in [0.29, 0.717) is 29.8 Å². The summed E-state index contributed by atoms with van der Waals surface area (Å²) < 4.78 is 28.3. The Bertz CT molecular complexity index is 1010. The number of nitrogens with zero attached hydrogens (tertiary/aromatic N) is 6. The van der Waals surface area contributed by atoms with Gasteiger partial charge in [-0.2, -0.15) is 0 Å². The molecular weight excluding hydrogens is 449 g/mol. The summed E-state index contributed by atoms with van der Waals surface area (Å²) in [6, 6.07) is -1.03. The summed E-state index contributed by atoms with van der Waals surface area (Å²) in [6.45, 7) is 9.37. The number of nitrogens with two attached hydrogens (primary N) is 1. The Hall–Kier alpha value is -2.56. The minimum atomic E-state index is -3.76. The lowest BCUT2D eigenvalue weighted by atomic mass is 10.2. The van der Waals surface area contributed by atoms with E-state index in [-0.39, 0.29) is 18.7 Å². The van der Waals surface area contributed by atoms with E-state index in [0.717, 1.165) is 12.8 Å². The first kappa shape index (κ1) is 26.7. The quantitative estimate of drug-likeness (QED) is 0.177. The first-order valence-corrected chi connectivity index (χ1v) is 12.7. The number of fused-ring (bicyclic) bond motifs is 1. The van der Waals surface area contributed by atoms with Gasteiger partial charge in [0.1, 0.15) is 24.2 Å². The van der Waals surface area contributed by atoms with Gasteiger partial charge >= 0.3 is 13.5 Å². The maximum atomic E-state index is 13.9. The molecule has 0 aliphatic heterocycles. The molecule has 0 aliphatic rings. The SMILES string of the molecule is CCCCCN([C@@H](C)C(=O)O)P(=O)(CO[C@@H](C)Cn1cnc2c(N)ncnc21)ON=C(C)C. The Labute approximate surface area is 193 Å². The Morgan fingerprint density at radius 3 is 2.67 bits per heavy atom. The minimum absolute atomic E-state index is 0.281. The summed E-state index contributed by atoms with van der Waals surface area (Å²) >= 11 is 0. The molecule has 0 saturated carbocycles. The summed E-state index contributed by atoms with van der Waals surface area (Å²) in [5.74, 6) is -0.814. The van der Waals surface area contributed by atoms with Crippen molar-refractivity contribution in [2.24, 2.45) is 5.16 Å². The zero-order chi connectivity index (χ0) is 24.6. The van der Waals surface area contributed by atoms with Crippen molar-refractivity contribution in [2.45, 2.75) is 72.6 Å². The number of carbonyl (C=O) groups is 1. The van der Waals surface area contributed by atoms with Gasteiger partial charge in [0, 0.05) is 6.54 Å². The van der Waals surface area contributed by atoms with Crippen molar-refractivity contribution in [2.75, 3.05) is 18.6 Å². The van der Waals surface area contributed by atoms with Gasteiger partial charge < -0.3 is 24.8 Å². The smallest absolute Gasteiger partial charge is 0.367 e. The van der Waals surface area contributed by atoms with Crippen LogP contribution in [-0.2, 0) is 25.3 Å². The highest BCUT2D eigenvalue weighted by Crippen LogP contribution is 2.53. The molecule has 0 saturated heterocycles. The highest BCUT2D eigenvalue weighted by atomic mass is 31.2. The summed E-state index contributed by atoms with van der Waals surface area (Å²) in [4.78, 5) is 24.1. The van der Waals surface area contributed by atoms with Crippen LogP contribution in [0.25, 0.3) is 11.2 Å². The predicted octanol–water partition coefficient (Wildman–Crippen LogP) is 3.34. The normalized spacial score (nSPS) is 15.2. The van der Waals surface area contributed by atoms with Gasteiger partial charge in [0.15, 0.2) is 11.5 Å². The van der Waals surface area contributed by atoms with Gasteiger partial charge in [0.2, 0.25) is 0 Å². The molecule has 2 heterocycles. The maximum Gasteiger partial charge on any atom is 0.367 e. The molecule has 0 bridgehead atoms. The van der Waals surface area contributed by atoms with Crippen molar-refractivity contribution < 1.29 is 23.8 Å². The molecular formula is C20H34N7O5P. The Kier molecular flexibility index (Phi) is 9.75. The number of anilines is 1. The predicted molar refractivity (Wildman–Crippen MR) is 126 cm³/mol. The summed E-state index contributed by atoms with van der Waals surface area (Å²) in [5.41, 5.74) is 7.44. The molecule has 2 aromatic heterocycles. The Balaban J connectivity index is 2.20. The van der Waals surface area contributed by atoms with Gasteiger partial charge in [-0.3, -0.25) is 9.36 Å². The molecule has 13 heteroatoms. The second-order valence-corrected chi connectivity index (χ2v) is 10.3. The molecule has 0 spiro atoms. The molecule has 2 rings (SSSR count). The molecule has 3 atom stereocenters. The van der Waals surface area contributed by atoms with Crippen LogP contribution in [0.5, 0.6) is 0 Å². The number of aliphatic carboxylic acids is 1. The molecule has 0 aliphatic carbocycles. The lowest BCUT2D eigenvalue weighted by Crippen LogP contribution is -2.39. The van der Waals surface area contributed by atoms with Crippen LogP contribution in [0.3, 0.4) is 0 Å². The number of carboxylic acids is 1. The van der Waals surface area contributed by atoms with E-state index >= 15 is 0 Å². The van der Waals surface area contributed by atoms with Gasteiger partial charge in [0.25, 0.3) is 0 Å². The third-order valence-electron chi connectivity index (χ3n) is 4.94. The first-order valence-electron chi connectivity index (χ1n) is 10.9. The van der Waals surface area contributed by atoms with Crippen LogP contribution in [-0.4, -0.2) is 66.0 Å². The van der Waals surface area contributed by atoms with E-state index in [4.69, 9.17) is 15.1 Å². The van der Waals surface area contributed by atoms with Crippen molar-refractivity contribution in [3.8, 4) is 0 Å². The van der Waals surface area contributed by atoms with E-state index in [1.165, 1.54) is 17.9 Å². The molecule has 3 N–H and O–H groups in total. The maximum absolute atomic E-state index is 13.9. The molecule has 0 amide bonds. The molecule has 2 aromatic rings. The van der Waals surface area contributed by atoms with Crippen molar-refractivity contribution in [3.05, 3.63) is 12.7 Å². The average molecular weight is 484 g/mol. The Morgan fingerprint density at radius 1 is 1.30 bits per heavy atom. The number of unbranched alkanes of at least 4 members (excludes halogenated alkanes) is 2. The van der Waals surface area contributed by atoms with Gasteiger partial charge in [-0.1, -0.05) is 24.9 Å². The molecule has 0 aromatic carbocycles. The summed E-state index contributed by atoms with van der Waals surface area (Å²) in [7, 11) is -3.76. The fourth-order valence-corrected chi connectivity index (χ4v) is 5.23. The second-order valence-electron chi connectivity index (χ2n) is 8.08. The van der Waals surface area contributed by atoms with Crippen LogP contribution < -0.4 is 5.73 Å². The van der Waals surface area contributed by atoms with Crippen LogP contribution in [0.15, 0.2) is 17.8 Å². The number of ether oxygens (including phenoxy) is 1. The number of oxime groups is 1. The number of hydrogen-bond acceptors (Lipinski definition) is 9. The number of nitrogen functional groups attached to an aromatic ring is 1. The summed E-state index contributed by atoms with van der Waals surface area (Å²) in [5, 5.41) is 13.5. The summed E-state index contributed by atoms with van der Waals surface area (Å²) in [6.07, 6.45) is 4.68. The topological polar surface area (TPSA) is 158 Å². The van der Waals surface area contributed by atoms with E-state index in [1.807, 2.05) is 6.92 Å². The highest BCUT2D eigenvalue weighted by molar-refractivity contribution is 7.56. The lowest BCUT2D eigenvalue weighted by Gasteiger charge is -2.32. The van der Waals surface area contributed by atoms with Crippen molar-refractivity contribution in [3.63, 3.8) is 0 Å². The zero-order valence-electron chi connectivity index (χ0n) is 19.8. The molecule has 12 nitrogen and oxygen atoms in total. The molecule has 0 fully saturated rings. The van der Waals surface area contributed by atoms with E-state index < -0.39 is 25.6 Å². The fourth-order valence-electron chi connectivity index (χ4n) is 3.13. The van der Waals surface area contributed by atoms with Crippen LogP contribution in [0.4, 0.5) is 5.82 Å². The zero-order valence-corrected chi connectivity index (χ0v) is 20.7. The van der Waals surface area contributed by atoms with Crippen molar-refractivity contribution in [1.29, 1.82) is 0 Å². The van der Waals surface area contributed by atoms with Gasteiger partial charge in [0.05, 0.1) is 24.7 Å². The standard InChI is InChI=1S/C20H34N7O5P/c1-6-7-8-9-27(16(5)20(28)29)33(30,32-25-14(2)3)13-31-15(4)10-26-12-24-17-18(21)22-11-23-19(17)26/h11-12,15-16H,6-10,13H2,1-5H3,(H,28,29)(H2,21,22,23)/t15-,16-,33?/m0/s1. The first-order chi connectivity index (χ1) is 15.6. The van der Waals surface area contributed by atoms with Gasteiger partial charge in [-0.15, -0.1) is 0 Å². The van der Waals surface area contributed by atoms with Crippen LogP contribution >= 0.6 is 7.52 Å². The number of aromatic nitrogens is 4. The molecule has 33 heavy (non-hydrogen) atoms. The molecule has 0 radical (unpaired) electrons. The van der Waals surface area contributed by atoms with Gasteiger partial charge in [-0.25, -0.2) is 19.6 Å². The van der Waals surface area contributed by atoms with E-state index in [1.54, 1.807) is 31.7 Å². The number of imidazole rings is 1. The largest absolute Gasteiger partial charge is 0.480 e. The van der Waals surface area contributed by atoms with E-state index in [2.05, 4.69) is 20.1 Å². The number of hydrogen-bond donors (Lipinski definition) is 2. The van der Waals surface area contributed by atoms with Crippen LogP contribution in [0.1, 0.15) is 53.9 Å².